The van der Waals surface area contributed by atoms with E-state index in [0.717, 1.165) is 0 Å². The lowest BCUT2D eigenvalue weighted by atomic mass is 10.7. The molecule has 58 valence electrons. The summed E-state index contributed by atoms with van der Waals surface area (Å²) in [6.45, 7) is 0.991. The lowest BCUT2D eigenvalue weighted by Gasteiger charge is -1.90. The third kappa shape index (κ3) is 11.7. The van der Waals surface area contributed by atoms with Gasteiger partial charge in [0.15, 0.2) is 0 Å². The Labute approximate surface area is 62.6 Å². The number of rotatable bonds is 2. The fourth-order valence-electron chi connectivity index (χ4n) is 0.273. The van der Waals surface area contributed by atoms with Crippen LogP contribution in [0, 0.1) is 0 Å². The molecular weight excluding hydrogens is 160 g/mol. The van der Waals surface area contributed by atoms with Crippen LogP contribution in [-0.2, 0) is 9.73 Å². The largest absolute Gasteiger partial charge is 0.329 e. The van der Waals surface area contributed by atoms with Crippen LogP contribution in [0.5, 0.6) is 0 Å². The smallest absolute Gasteiger partial charge is 0.0606 e. The Hall–Kier alpha value is 0.200. The van der Waals surface area contributed by atoms with Gasteiger partial charge in [0, 0.05) is 28.8 Å². The van der Waals surface area contributed by atoms with E-state index in [-0.39, 0.29) is 12.4 Å². The Balaban J connectivity index is 0. The highest BCUT2D eigenvalue weighted by Crippen LogP contribution is 1.80. The molecule has 0 amide bonds. The van der Waals surface area contributed by atoms with Crippen molar-refractivity contribution in [3.63, 3.8) is 0 Å². The van der Waals surface area contributed by atoms with Gasteiger partial charge in [-0.2, -0.15) is 0 Å². The third-order valence-electron chi connectivity index (χ3n) is 0.531. The van der Waals surface area contributed by atoms with Crippen LogP contribution in [-0.4, -0.2) is 29.8 Å². The van der Waals surface area contributed by atoms with Crippen LogP contribution in [0.1, 0.15) is 0 Å². The normalized spacial score (nSPS) is 10.1. The van der Waals surface area contributed by atoms with Crippen molar-refractivity contribution in [1.29, 1.82) is 0 Å². The maximum absolute atomic E-state index is 10.7. The zero-order chi connectivity index (χ0) is 6.62. The molecule has 0 saturated carbocycles. The van der Waals surface area contributed by atoms with Gasteiger partial charge in [0.2, 0.25) is 0 Å². The van der Waals surface area contributed by atoms with Crippen LogP contribution < -0.4 is 5.73 Å². The lowest BCUT2D eigenvalue weighted by molar-refractivity contribution is 0.682. The van der Waals surface area contributed by atoms with Crippen molar-refractivity contribution in [2.75, 3.05) is 25.6 Å². The fraction of sp³-hybridized carbons (Fsp3) is 1.00. The van der Waals surface area contributed by atoms with Gasteiger partial charge < -0.3 is 5.73 Å². The summed E-state index contributed by atoms with van der Waals surface area (Å²) in [5, 5.41) is 0. The molecule has 3 nitrogen and oxygen atoms in total. The molecule has 0 rings (SSSR count). The molecule has 0 atom stereocenters. The van der Waals surface area contributed by atoms with Crippen LogP contribution >= 0.6 is 12.4 Å². The van der Waals surface area contributed by atoms with Crippen LogP contribution in [0.2, 0.25) is 0 Å². The van der Waals surface area contributed by atoms with Crippen LogP contribution in [0.15, 0.2) is 4.36 Å². The number of nitrogens with two attached hydrogens (primary N) is 1. The number of nitrogens with zero attached hydrogens (tertiary/aromatic N) is 1. The third-order valence-corrected chi connectivity index (χ3v) is 1.34. The van der Waals surface area contributed by atoms with Crippen molar-refractivity contribution in [2.24, 2.45) is 10.1 Å². The molecule has 0 fully saturated rings. The van der Waals surface area contributed by atoms with Gasteiger partial charge in [0.1, 0.15) is 0 Å². The Morgan fingerprint density at radius 3 is 2.11 bits per heavy atom. The lowest BCUT2D eigenvalue weighted by Crippen LogP contribution is -2.04. The second-order valence-electron chi connectivity index (χ2n) is 1.82. The monoisotopic (exact) mass is 172 g/mol. The molecule has 0 aromatic carbocycles. The molecule has 0 aromatic rings. The summed E-state index contributed by atoms with van der Waals surface area (Å²) in [7, 11) is -1.89. The van der Waals surface area contributed by atoms with E-state index >= 15 is 0 Å². The van der Waals surface area contributed by atoms with E-state index in [9.17, 15) is 4.21 Å². The zero-order valence-electron chi connectivity index (χ0n) is 5.66. The number of hydrogen-bond acceptors (Lipinski definition) is 3. The summed E-state index contributed by atoms with van der Waals surface area (Å²) in [6, 6.07) is 0. The quantitative estimate of drug-likeness (QED) is 0.642. The average molecular weight is 173 g/mol. The van der Waals surface area contributed by atoms with Crippen molar-refractivity contribution in [3.05, 3.63) is 0 Å². The minimum atomic E-state index is -1.89. The Bertz CT molecular complexity index is 154. The molecule has 0 saturated heterocycles. The van der Waals surface area contributed by atoms with Crippen LogP contribution in [0.4, 0.5) is 0 Å². The first-order chi connectivity index (χ1) is 3.56. The van der Waals surface area contributed by atoms with Crippen LogP contribution in [0.3, 0.4) is 0 Å². The van der Waals surface area contributed by atoms with E-state index in [4.69, 9.17) is 5.73 Å². The summed E-state index contributed by atoms with van der Waals surface area (Å²) in [5.74, 6) is 0. The highest BCUT2D eigenvalue weighted by Gasteiger charge is 1.84. The molecular formula is C4H13ClN2OS. The molecule has 0 aliphatic heterocycles. The first kappa shape index (κ1) is 11.9. The van der Waals surface area contributed by atoms with E-state index in [1.54, 1.807) is 12.5 Å². The molecule has 0 aromatic heterocycles. The summed E-state index contributed by atoms with van der Waals surface area (Å²) in [6.07, 6.45) is 3.20. The molecule has 0 spiro atoms. The molecule has 0 aliphatic rings. The van der Waals surface area contributed by atoms with Crippen molar-refractivity contribution >= 4 is 22.1 Å². The molecule has 0 heterocycles. The molecule has 5 heteroatoms. The maximum atomic E-state index is 10.7. The zero-order valence-corrected chi connectivity index (χ0v) is 7.30. The van der Waals surface area contributed by atoms with Gasteiger partial charge in [-0.05, 0) is 0 Å². The SMILES string of the molecule is CS(C)(=O)=NCCN.Cl. The molecule has 0 radical (unpaired) electrons. The topological polar surface area (TPSA) is 55.5 Å². The molecule has 0 aliphatic carbocycles. The first-order valence-corrected chi connectivity index (χ1v) is 4.72. The standard InChI is InChI=1S/C4H12N2OS.ClH/c1-8(2,7)6-4-3-5;/h3-5H2,1-2H3;1H. The van der Waals surface area contributed by atoms with Crippen molar-refractivity contribution < 1.29 is 4.21 Å². The predicted molar refractivity (Wildman–Crippen MR) is 43.6 cm³/mol. The van der Waals surface area contributed by atoms with Crippen molar-refractivity contribution in [2.45, 2.75) is 0 Å². The van der Waals surface area contributed by atoms with Gasteiger partial charge in [-0.1, -0.05) is 0 Å². The minimum absolute atomic E-state index is 0. The second kappa shape index (κ2) is 5.02. The Morgan fingerprint density at radius 2 is 2.00 bits per heavy atom. The highest BCUT2D eigenvalue weighted by molar-refractivity contribution is 7.92. The number of halogens is 1. The van der Waals surface area contributed by atoms with E-state index in [1.165, 1.54) is 0 Å². The fourth-order valence-corrected chi connectivity index (χ4v) is 0.818. The minimum Gasteiger partial charge on any atom is -0.329 e. The highest BCUT2D eigenvalue weighted by atomic mass is 35.5. The first-order valence-electron chi connectivity index (χ1n) is 2.39. The molecule has 0 unspecified atom stereocenters. The van der Waals surface area contributed by atoms with Gasteiger partial charge in [-0.15, -0.1) is 12.4 Å². The van der Waals surface area contributed by atoms with Gasteiger partial charge in [0.25, 0.3) is 0 Å². The van der Waals surface area contributed by atoms with E-state index in [0.29, 0.717) is 13.1 Å². The summed E-state index contributed by atoms with van der Waals surface area (Å²) < 4.78 is 14.5. The van der Waals surface area contributed by atoms with Crippen molar-refractivity contribution in [3.8, 4) is 0 Å². The van der Waals surface area contributed by atoms with E-state index in [1.807, 2.05) is 0 Å². The van der Waals surface area contributed by atoms with Gasteiger partial charge in [0.05, 0.1) is 6.54 Å². The molecule has 9 heavy (non-hydrogen) atoms. The van der Waals surface area contributed by atoms with Gasteiger partial charge in [-0.3, -0.25) is 4.21 Å². The average Bonchev–Trinajstić information content (AvgIpc) is 1.59. The molecule has 2 N–H and O–H groups in total. The van der Waals surface area contributed by atoms with Gasteiger partial charge >= 0.3 is 0 Å². The summed E-state index contributed by atoms with van der Waals surface area (Å²) in [5.41, 5.74) is 5.12. The van der Waals surface area contributed by atoms with Crippen LogP contribution in [0.25, 0.3) is 0 Å². The van der Waals surface area contributed by atoms with E-state index < -0.39 is 9.73 Å². The summed E-state index contributed by atoms with van der Waals surface area (Å²) in [4.78, 5) is 0. The maximum Gasteiger partial charge on any atom is 0.0606 e. The van der Waals surface area contributed by atoms with E-state index in [2.05, 4.69) is 4.36 Å². The summed E-state index contributed by atoms with van der Waals surface area (Å²) >= 11 is 0. The number of hydrogen-bond donors (Lipinski definition) is 1. The van der Waals surface area contributed by atoms with Crippen molar-refractivity contribution in [1.82, 2.24) is 0 Å². The Morgan fingerprint density at radius 1 is 1.56 bits per heavy atom. The second-order valence-corrected chi connectivity index (χ2v) is 4.44. The molecule has 0 bridgehead atoms. The Kier molecular flexibility index (Phi) is 6.66. The predicted octanol–water partition coefficient (Wildman–Crippen LogP) is 0.0945. The van der Waals surface area contributed by atoms with Gasteiger partial charge in [-0.25, -0.2) is 4.36 Å².